The first-order valence-electron chi connectivity index (χ1n) is 7.69. The molecule has 140 valence electrons. The summed E-state index contributed by atoms with van der Waals surface area (Å²) in [6, 6.07) is 9.94. The van der Waals surface area contributed by atoms with Crippen LogP contribution in [-0.4, -0.2) is 23.2 Å². The van der Waals surface area contributed by atoms with Crippen molar-refractivity contribution in [2.45, 2.75) is 25.6 Å². The summed E-state index contributed by atoms with van der Waals surface area (Å²) in [5.41, 5.74) is 2.73. The molecule has 4 N–H and O–H groups in total. The molecule has 1 amide bonds. The van der Waals surface area contributed by atoms with E-state index in [-0.39, 0.29) is 12.3 Å². The van der Waals surface area contributed by atoms with Crippen molar-refractivity contribution in [3.63, 3.8) is 0 Å². The number of carbonyl (C=O) groups excluding carboxylic acids is 1. The van der Waals surface area contributed by atoms with Crippen molar-refractivity contribution in [3.8, 4) is 5.75 Å². The average Bonchev–Trinajstić information content (AvgIpc) is 2.55. The van der Waals surface area contributed by atoms with Gasteiger partial charge in [-0.1, -0.05) is 17.7 Å². The summed E-state index contributed by atoms with van der Waals surface area (Å²) in [6.07, 6.45) is -4.65. The van der Waals surface area contributed by atoms with Gasteiger partial charge in [0.15, 0.2) is 5.60 Å². The minimum atomic E-state index is -4.65. The van der Waals surface area contributed by atoms with E-state index in [4.69, 9.17) is 10.5 Å². The van der Waals surface area contributed by atoms with E-state index in [1.165, 1.54) is 13.0 Å². The Balaban J connectivity index is 2.06. The third-order valence-corrected chi connectivity index (χ3v) is 3.65. The van der Waals surface area contributed by atoms with Gasteiger partial charge >= 0.3 is 6.18 Å². The first-order valence-corrected chi connectivity index (χ1v) is 7.69. The molecule has 5 nitrogen and oxygen atoms in total. The first kappa shape index (κ1) is 19.6. The molecular formula is C18H19F3N2O3. The van der Waals surface area contributed by atoms with Crippen molar-refractivity contribution in [2.24, 2.45) is 0 Å². The molecule has 0 fully saturated rings. The molecule has 1 unspecified atom stereocenters. The highest BCUT2D eigenvalue weighted by Crippen LogP contribution is 2.35. The largest absolute Gasteiger partial charge is 0.490 e. The van der Waals surface area contributed by atoms with Gasteiger partial charge in [-0.2, -0.15) is 13.2 Å². The molecule has 0 heterocycles. The fourth-order valence-electron chi connectivity index (χ4n) is 2.07. The van der Waals surface area contributed by atoms with Crippen LogP contribution in [0.1, 0.15) is 18.1 Å². The van der Waals surface area contributed by atoms with Crippen molar-refractivity contribution < 1.29 is 27.8 Å². The number of hydrogen-bond acceptors (Lipinski definition) is 4. The predicted molar refractivity (Wildman–Crippen MR) is 91.8 cm³/mol. The number of rotatable bonds is 5. The number of nitrogens with one attached hydrogen (secondary N) is 1. The molecule has 0 spiro atoms. The Morgan fingerprint density at radius 2 is 1.81 bits per heavy atom. The maximum Gasteiger partial charge on any atom is 0.418 e. The zero-order valence-electron chi connectivity index (χ0n) is 14.2. The molecule has 2 rings (SSSR count). The van der Waals surface area contributed by atoms with Gasteiger partial charge in [-0.15, -0.1) is 0 Å². The van der Waals surface area contributed by atoms with Crippen LogP contribution < -0.4 is 15.8 Å². The zero-order chi connectivity index (χ0) is 19.5. The van der Waals surface area contributed by atoms with Gasteiger partial charge in [0.2, 0.25) is 0 Å². The van der Waals surface area contributed by atoms with E-state index >= 15 is 0 Å². The van der Waals surface area contributed by atoms with Crippen LogP contribution in [0.5, 0.6) is 5.75 Å². The monoisotopic (exact) mass is 368 g/mol. The lowest BCUT2D eigenvalue weighted by Crippen LogP contribution is -2.45. The van der Waals surface area contributed by atoms with Crippen LogP contribution in [0, 0.1) is 6.92 Å². The van der Waals surface area contributed by atoms with Crippen LogP contribution >= 0.6 is 0 Å². The SMILES string of the molecule is Cc1ccc(OCC(C)(O)C(=O)Nc2ccc(N)c(C(F)(F)F)c2)cc1. The lowest BCUT2D eigenvalue weighted by molar-refractivity contribution is -0.137. The molecule has 0 aliphatic carbocycles. The maximum atomic E-state index is 12.9. The quantitative estimate of drug-likeness (QED) is 0.707. The van der Waals surface area contributed by atoms with Crippen molar-refractivity contribution in [1.82, 2.24) is 0 Å². The van der Waals surface area contributed by atoms with Gasteiger partial charge in [-0.3, -0.25) is 4.79 Å². The maximum absolute atomic E-state index is 12.9. The number of alkyl halides is 3. The van der Waals surface area contributed by atoms with Gasteiger partial charge in [-0.05, 0) is 44.2 Å². The van der Waals surface area contributed by atoms with Crippen molar-refractivity contribution in [2.75, 3.05) is 17.7 Å². The van der Waals surface area contributed by atoms with E-state index in [0.29, 0.717) is 11.8 Å². The normalized spacial score (nSPS) is 13.8. The van der Waals surface area contributed by atoms with Crippen LogP contribution in [0.4, 0.5) is 24.5 Å². The van der Waals surface area contributed by atoms with Gasteiger partial charge < -0.3 is 20.9 Å². The van der Waals surface area contributed by atoms with Crippen LogP contribution in [0.3, 0.4) is 0 Å². The Hall–Kier alpha value is -2.74. The summed E-state index contributed by atoms with van der Waals surface area (Å²) in [6.45, 7) is 2.73. The lowest BCUT2D eigenvalue weighted by atomic mass is 10.1. The van der Waals surface area contributed by atoms with Crippen LogP contribution in [0.15, 0.2) is 42.5 Å². The van der Waals surface area contributed by atoms with Crippen molar-refractivity contribution >= 4 is 17.3 Å². The van der Waals surface area contributed by atoms with E-state index in [2.05, 4.69) is 5.32 Å². The Bertz CT molecular complexity index is 787. The number of benzene rings is 2. The predicted octanol–water partition coefficient (Wildman–Crippen LogP) is 3.36. The number of nitrogen functional groups attached to an aromatic ring is 1. The molecule has 26 heavy (non-hydrogen) atoms. The highest BCUT2D eigenvalue weighted by Gasteiger charge is 2.35. The third-order valence-electron chi connectivity index (χ3n) is 3.65. The summed E-state index contributed by atoms with van der Waals surface area (Å²) in [5.74, 6) is -0.446. The topological polar surface area (TPSA) is 84.6 Å². The molecule has 0 aromatic heterocycles. The van der Waals surface area contributed by atoms with Crippen molar-refractivity contribution in [3.05, 3.63) is 53.6 Å². The van der Waals surface area contributed by atoms with Gasteiger partial charge in [0.05, 0.1) is 5.56 Å². The summed E-state index contributed by atoms with van der Waals surface area (Å²) in [5, 5.41) is 12.5. The smallest absolute Gasteiger partial charge is 0.418 e. The molecule has 1 atom stereocenters. The van der Waals surface area contributed by atoms with Crippen LogP contribution in [0.25, 0.3) is 0 Å². The number of aliphatic hydroxyl groups is 1. The number of amides is 1. The first-order chi connectivity index (χ1) is 12.0. The second-order valence-corrected chi connectivity index (χ2v) is 6.13. The molecule has 0 saturated heterocycles. The molecule has 0 radical (unpaired) electrons. The molecule has 0 bridgehead atoms. The molecular weight excluding hydrogens is 349 g/mol. The summed E-state index contributed by atoms with van der Waals surface area (Å²) < 4.78 is 44.0. The molecule has 0 aliphatic heterocycles. The minimum absolute atomic E-state index is 0.132. The number of nitrogens with two attached hydrogens (primary N) is 1. The van der Waals surface area contributed by atoms with E-state index in [0.717, 1.165) is 11.6 Å². The Morgan fingerprint density at radius 3 is 2.38 bits per heavy atom. The number of ether oxygens (including phenoxy) is 1. The number of aryl methyl sites for hydroxylation is 1. The van der Waals surface area contributed by atoms with E-state index in [1.807, 2.05) is 6.92 Å². The van der Waals surface area contributed by atoms with Gasteiger partial charge in [-0.25, -0.2) is 0 Å². The average molecular weight is 368 g/mol. The summed E-state index contributed by atoms with van der Waals surface area (Å²) >= 11 is 0. The standard InChI is InChI=1S/C18H19F3N2O3/c1-11-3-6-13(7-4-11)26-10-17(2,25)16(24)23-12-5-8-15(22)14(9-12)18(19,20)21/h3-9,25H,10,22H2,1-2H3,(H,23,24). The summed E-state index contributed by atoms with van der Waals surface area (Å²) in [4.78, 5) is 12.2. The number of carbonyl (C=O) groups is 1. The highest BCUT2D eigenvalue weighted by atomic mass is 19.4. The van der Waals surface area contributed by atoms with Gasteiger partial charge in [0.25, 0.3) is 5.91 Å². The van der Waals surface area contributed by atoms with Crippen molar-refractivity contribution in [1.29, 1.82) is 0 Å². The number of anilines is 2. The molecule has 8 heteroatoms. The fourth-order valence-corrected chi connectivity index (χ4v) is 2.07. The van der Waals surface area contributed by atoms with E-state index < -0.39 is 28.9 Å². The fraction of sp³-hybridized carbons (Fsp3) is 0.278. The van der Waals surface area contributed by atoms with Gasteiger partial charge in [0.1, 0.15) is 12.4 Å². The minimum Gasteiger partial charge on any atom is -0.490 e. The molecule has 0 saturated carbocycles. The summed E-state index contributed by atoms with van der Waals surface area (Å²) in [7, 11) is 0. The number of halogens is 3. The van der Waals surface area contributed by atoms with E-state index in [9.17, 15) is 23.1 Å². The molecule has 2 aromatic carbocycles. The zero-order valence-corrected chi connectivity index (χ0v) is 14.2. The Kier molecular flexibility index (Phi) is 5.46. The Morgan fingerprint density at radius 1 is 1.19 bits per heavy atom. The van der Waals surface area contributed by atoms with Gasteiger partial charge in [0, 0.05) is 11.4 Å². The van der Waals surface area contributed by atoms with Crippen LogP contribution in [-0.2, 0) is 11.0 Å². The highest BCUT2D eigenvalue weighted by molar-refractivity contribution is 5.97. The van der Waals surface area contributed by atoms with Crippen LogP contribution in [0.2, 0.25) is 0 Å². The third kappa shape index (κ3) is 4.89. The second-order valence-electron chi connectivity index (χ2n) is 6.13. The lowest BCUT2D eigenvalue weighted by Gasteiger charge is -2.23. The molecule has 2 aromatic rings. The Labute approximate surface area is 148 Å². The number of hydrogen-bond donors (Lipinski definition) is 3. The molecule has 0 aliphatic rings. The van der Waals surface area contributed by atoms with E-state index in [1.54, 1.807) is 24.3 Å². The second kappa shape index (κ2) is 7.25.